The van der Waals surface area contributed by atoms with E-state index >= 15 is 0 Å². The first kappa shape index (κ1) is 23.6. The predicted octanol–water partition coefficient (Wildman–Crippen LogP) is 3.20. The molecule has 2 aliphatic rings. The third-order valence-electron chi connectivity index (χ3n) is 6.93. The lowest BCUT2D eigenvalue weighted by molar-refractivity contribution is -0.131. The maximum atomic E-state index is 13.1. The molecule has 0 aliphatic carbocycles. The van der Waals surface area contributed by atoms with Gasteiger partial charge in [0.05, 0.1) is 19.1 Å². The number of methoxy groups -OCH3 is 2. The van der Waals surface area contributed by atoms with Crippen LogP contribution < -0.4 is 9.47 Å². The molecule has 2 aromatic rings. The maximum Gasteiger partial charge on any atom is 0.243 e. The van der Waals surface area contributed by atoms with E-state index in [0.29, 0.717) is 55.4 Å². The molecule has 2 aliphatic heterocycles. The number of rotatable bonds is 7. The lowest BCUT2D eigenvalue weighted by Crippen LogP contribution is -2.43. The molecule has 33 heavy (non-hydrogen) atoms. The Bertz CT molecular complexity index is 1070. The van der Waals surface area contributed by atoms with Crippen molar-refractivity contribution in [2.24, 2.45) is 11.8 Å². The summed E-state index contributed by atoms with van der Waals surface area (Å²) in [5.41, 5.74) is 1.01. The summed E-state index contributed by atoms with van der Waals surface area (Å²) in [6.45, 7) is 2.19. The van der Waals surface area contributed by atoms with E-state index in [4.69, 9.17) is 9.47 Å². The Morgan fingerprint density at radius 3 is 2.42 bits per heavy atom. The third kappa shape index (κ3) is 5.01. The zero-order valence-electron chi connectivity index (χ0n) is 19.3. The molecule has 4 rings (SSSR count). The second kappa shape index (κ2) is 10.1. The number of amides is 1. The van der Waals surface area contributed by atoms with Crippen LogP contribution >= 0.6 is 0 Å². The van der Waals surface area contributed by atoms with Crippen molar-refractivity contribution in [3.63, 3.8) is 0 Å². The normalized spacial score (nSPS) is 21.9. The van der Waals surface area contributed by atoms with E-state index in [9.17, 15) is 13.2 Å². The number of carbonyl (C=O) groups is 1. The quantitative estimate of drug-likeness (QED) is 0.619. The zero-order valence-corrected chi connectivity index (χ0v) is 20.1. The van der Waals surface area contributed by atoms with Gasteiger partial charge in [0.25, 0.3) is 0 Å². The molecule has 0 unspecified atom stereocenters. The third-order valence-corrected chi connectivity index (χ3v) is 8.81. The van der Waals surface area contributed by atoms with Gasteiger partial charge in [-0.25, -0.2) is 8.42 Å². The van der Waals surface area contributed by atoms with Crippen LogP contribution in [0, 0.1) is 11.8 Å². The van der Waals surface area contributed by atoms with Gasteiger partial charge in [-0.05, 0) is 54.9 Å². The van der Waals surface area contributed by atoms with Gasteiger partial charge in [0.2, 0.25) is 15.9 Å². The van der Waals surface area contributed by atoms with E-state index in [2.05, 4.69) is 0 Å². The highest BCUT2D eigenvalue weighted by Gasteiger charge is 2.38. The number of fused-ring (bicyclic) bond motifs is 1. The number of ether oxygens (including phenoxy) is 2. The summed E-state index contributed by atoms with van der Waals surface area (Å²) in [4.78, 5) is 15.3. The van der Waals surface area contributed by atoms with Crippen molar-refractivity contribution in [3.05, 3.63) is 54.1 Å². The number of hydrogen-bond acceptors (Lipinski definition) is 5. The van der Waals surface area contributed by atoms with Crippen LogP contribution in [0.1, 0.15) is 24.8 Å². The monoisotopic (exact) mass is 472 g/mol. The fraction of sp³-hybridized carbons (Fsp3) is 0.480. The van der Waals surface area contributed by atoms with E-state index in [1.807, 2.05) is 29.2 Å². The summed E-state index contributed by atoms with van der Waals surface area (Å²) in [5, 5.41) is 0. The van der Waals surface area contributed by atoms with Gasteiger partial charge in [0.15, 0.2) is 11.5 Å². The highest BCUT2D eigenvalue weighted by molar-refractivity contribution is 7.89. The molecule has 2 atom stereocenters. The standard InChI is InChI=1S/C25H32N2O5S/c1-31-23-10-6-7-19(25(23)32-2)11-14-26-15-12-21-18-27(16-13-20(21)17-24(26)28)33(29,30)22-8-4-3-5-9-22/h3-10,20-21H,11-18H2,1-2H3/t20-,21-/m0/s1. The minimum Gasteiger partial charge on any atom is -0.493 e. The summed E-state index contributed by atoms with van der Waals surface area (Å²) in [6.07, 6.45) is 2.70. The highest BCUT2D eigenvalue weighted by atomic mass is 32.2. The van der Waals surface area contributed by atoms with Crippen LogP contribution in [-0.2, 0) is 21.2 Å². The minimum atomic E-state index is -3.50. The molecule has 178 valence electrons. The first-order chi connectivity index (χ1) is 15.9. The number of benzene rings is 2. The van der Waals surface area contributed by atoms with Crippen LogP contribution in [0.4, 0.5) is 0 Å². The molecule has 2 saturated heterocycles. The lowest BCUT2D eigenvalue weighted by Gasteiger charge is -2.36. The minimum absolute atomic E-state index is 0.156. The molecule has 7 nitrogen and oxygen atoms in total. The Hall–Kier alpha value is -2.58. The van der Waals surface area contributed by atoms with Crippen LogP contribution in [0.15, 0.2) is 53.4 Å². The van der Waals surface area contributed by atoms with Crippen molar-refractivity contribution in [3.8, 4) is 11.5 Å². The first-order valence-corrected chi connectivity index (χ1v) is 12.9. The summed E-state index contributed by atoms with van der Waals surface area (Å²) < 4.78 is 38.7. The van der Waals surface area contributed by atoms with Gasteiger partial charge in [-0.3, -0.25) is 4.79 Å². The molecular formula is C25H32N2O5S. The molecule has 0 spiro atoms. The Morgan fingerprint density at radius 2 is 1.70 bits per heavy atom. The largest absolute Gasteiger partial charge is 0.493 e. The average Bonchev–Trinajstić information content (AvgIpc) is 3.00. The van der Waals surface area contributed by atoms with Crippen molar-refractivity contribution in [2.45, 2.75) is 30.6 Å². The second-order valence-electron chi connectivity index (χ2n) is 8.76. The SMILES string of the molecule is COc1cccc(CCN2CC[C@H]3CN(S(=O)(=O)c4ccccc4)CC[C@H]3CC2=O)c1OC. The first-order valence-electron chi connectivity index (χ1n) is 11.5. The van der Waals surface area contributed by atoms with Crippen LogP contribution in [0.25, 0.3) is 0 Å². The lowest BCUT2D eigenvalue weighted by atomic mass is 9.83. The number of para-hydroxylation sites is 1. The molecule has 0 N–H and O–H groups in total. The van der Waals surface area contributed by atoms with E-state index in [-0.39, 0.29) is 17.7 Å². The number of piperidine rings is 1. The van der Waals surface area contributed by atoms with Gasteiger partial charge in [-0.1, -0.05) is 30.3 Å². The summed E-state index contributed by atoms with van der Waals surface area (Å²) in [6, 6.07) is 14.4. The van der Waals surface area contributed by atoms with Gasteiger partial charge in [-0.2, -0.15) is 4.31 Å². The number of carbonyl (C=O) groups excluding carboxylic acids is 1. The highest BCUT2D eigenvalue weighted by Crippen LogP contribution is 2.35. The van der Waals surface area contributed by atoms with E-state index in [0.717, 1.165) is 18.4 Å². The van der Waals surface area contributed by atoms with Crippen molar-refractivity contribution >= 4 is 15.9 Å². The van der Waals surface area contributed by atoms with Crippen LogP contribution in [-0.4, -0.2) is 63.9 Å². The van der Waals surface area contributed by atoms with Crippen molar-refractivity contribution in [1.82, 2.24) is 9.21 Å². The molecule has 8 heteroatoms. The molecule has 1 amide bonds. The van der Waals surface area contributed by atoms with Crippen molar-refractivity contribution in [1.29, 1.82) is 0 Å². The number of likely N-dealkylation sites (tertiary alicyclic amines) is 1. The molecule has 0 radical (unpaired) electrons. The Labute approximate surface area is 196 Å². The van der Waals surface area contributed by atoms with Crippen LogP contribution in [0.3, 0.4) is 0 Å². The summed E-state index contributed by atoms with van der Waals surface area (Å²) in [7, 11) is -0.266. The van der Waals surface area contributed by atoms with Crippen LogP contribution in [0.2, 0.25) is 0 Å². The average molecular weight is 473 g/mol. The Balaban J connectivity index is 1.41. The molecule has 0 bridgehead atoms. The molecule has 0 aromatic heterocycles. The predicted molar refractivity (Wildman–Crippen MR) is 126 cm³/mol. The van der Waals surface area contributed by atoms with Gasteiger partial charge >= 0.3 is 0 Å². The zero-order chi connectivity index (χ0) is 23.4. The fourth-order valence-electron chi connectivity index (χ4n) is 5.05. The van der Waals surface area contributed by atoms with E-state index in [1.54, 1.807) is 42.8 Å². The number of hydrogen-bond donors (Lipinski definition) is 0. The molecule has 2 aromatic carbocycles. The number of sulfonamides is 1. The van der Waals surface area contributed by atoms with Gasteiger partial charge < -0.3 is 14.4 Å². The maximum absolute atomic E-state index is 13.1. The molecular weight excluding hydrogens is 440 g/mol. The summed E-state index contributed by atoms with van der Waals surface area (Å²) in [5.74, 6) is 1.97. The van der Waals surface area contributed by atoms with Crippen molar-refractivity contribution < 1.29 is 22.7 Å². The fourth-order valence-corrected chi connectivity index (χ4v) is 6.58. The number of nitrogens with zero attached hydrogens (tertiary/aromatic N) is 2. The molecule has 2 heterocycles. The second-order valence-corrected chi connectivity index (χ2v) is 10.7. The topological polar surface area (TPSA) is 76.2 Å². The van der Waals surface area contributed by atoms with Crippen molar-refractivity contribution in [2.75, 3.05) is 40.4 Å². The smallest absolute Gasteiger partial charge is 0.243 e. The van der Waals surface area contributed by atoms with Crippen LogP contribution in [0.5, 0.6) is 11.5 Å². The Kier molecular flexibility index (Phi) is 7.24. The van der Waals surface area contributed by atoms with Gasteiger partial charge in [0, 0.05) is 32.6 Å². The van der Waals surface area contributed by atoms with E-state index < -0.39 is 10.0 Å². The van der Waals surface area contributed by atoms with Gasteiger partial charge in [0.1, 0.15) is 0 Å². The molecule has 0 saturated carbocycles. The van der Waals surface area contributed by atoms with E-state index in [1.165, 1.54) is 0 Å². The Morgan fingerprint density at radius 1 is 0.939 bits per heavy atom. The molecule has 2 fully saturated rings. The summed E-state index contributed by atoms with van der Waals surface area (Å²) >= 11 is 0. The van der Waals surface area contributed by atoms with Gasteiger partial charge in [-0.15, -0.1) is 0 Å².